The van der Waals surface area contributed by atoms with Gasteiger partial charge < -0.3 is 14.6 Å². The third-order valence-electron chi connectivity index (χ3n) is 5.76. The lowest BCUT2D eigenvalue weighted by atomic mass is 10.2. The zero-order valence-corrected chi connectivity index (χ0v) is 19.6. The van der Waals surface area contributed by atoms with Gasteiger partial charge in [0, 0.05) is 12.6 Å². The lowest BCUT2D eigenvalue weighted by Crippen LogP contribution is -2.22. The Morgan fingerprint density at radius 2 is 1.74 bits per heavy atom. The lowest BCUT2D eigenvalue weighted by molar-refractivity contribution is -0.116. The van der Waals surface area contributed by atoms with Crippen LogP contribution in [0.1, 0.15) is 36.7 Å². The van der Waals surface area contributed by atoms with Crippen LogP contribution in [0.15, 0.2) is 84.9 Å². The zero-order chi connectivity index (χ0) is 23.6. The molecule has 1 amide bonds. The SMILES string of the molecule is CCc1ccc(OCCCCn2c(CNC(=O)/C=C\c3ccccc3)nc3ccccc32)cc1. The number of para-hydroxylation sites is 2. The smallest absolute Gasteiger partial charge is 0.244 e. The second-order valence-electron chi connectivity index (χ2n) is 8.18. The molecule has 0 fully saturated rings. The number of aromatic nitrogens is 2. The third-order valence-corrected chi connectivity index (χ3v) is 5.76. The molecule has 0 bridgehead atoms. The van der Waals surface area contributed by atoms with E-state index < -0.39 is 0 Å². The summed E-state index contributed by atoms with van der Waals surface area (Å²) in [6.45, 7) is 4.03. The van der Waals surface area contributed by atoms with Crippen molar-refractivity contribution in [2.24, 2.45) is 0 Å². The van der Waals surface area contributed by atoms with Crippen molar-refractivity contribution in [3.05, 3.63) is 102 Å². The predicted molar refractivity (Wildman–Crippen MR) is 138 cm³/mol. The summed E-state index contributed by atoms with van der Waals surface area (Å²) in [4.78, 5) is 17.1. The number of rotatable bonds is 11. The summed E-state index contributed by atoms with van der Waals surface area (Å²) in [6, 6.07) is 26.2. The molecule has 0 saturated carbocycles. The number of imidazole rings is 1. The van der Waals surface area contributed by atoms with Crippen molar-refractivity contribution in [3.63, 3.8) is 0 Å². The number of benzene rings is 3. The van der Waals surface area contributed by atoms with Gasteiger partial charge in [0.1, 0.15) is 11.6 Å². The zero-order valence-electron chi connectivity index (χ0n) is 19.6. The van der Waals surface area contributed by atoms with Crippen molar-refractivity contribution in [2.75, 3.05) is 6.61 Å². The van der Waals surface area contributed by atoms with Crippen LogP contribution in [-0.4, -0.2) is 22.1 Å². The Morgan fingerprint density at radius 1 is 0.971 bits per heavy atom. The van der Waals surface area contributed by atoms with Crippen molar-refractivity contribution in [1.82, 2.24) is 14.9 Å². The topological polar surface area (TPSA) is 56.1 Å². The third kappa shape index (κ3) is 6.35. The van der Waals surface area contributed by atoms with Gasteiger partial charge in [-0.1, -0.05) is 61.5 Å². The van der Waals surface area contributed by atoms with E-state index in [2.05, 4.69) is 35.0 Å². The fourth-order valence-corrected chi connectivity index (χ4v) is 3.85. The Bertz CT molecular complexity index is 1230. The molecule has 5 nitrogen and oxygen atoms in total. The summed E-state index contributed by atoms with van der Waals surface area (Å²) >= 11 is 0. The van der Waals surface area contributed by atoms with E-state index in [9.17, 15) is 4.79 Å². The first-order valence-electron chi connectivity index (χ1n) is 11.9. The Morgan fingerprint density at radius 3 is 2.53 bits per heavy atom. The number of amides is 1. The highest BCUT2D eigenvalue weighted by Crippen LogP contribution is 2.18. The molecule has 1 N–H and O–H groups in total. The molecular weight excluding hydrogens is 422 g/mol. The van der Waals surface area contributed by atoms with Gasteiger partial charge in [0.2, 0.25) is 5.91 Å². The van der Waals surface area contributed by atoms with Crippen LogP contribution < -0.4 is 10.1 Å². The van der Waals surface area contributed by atoms with E-state index in [1.54, 1.807) is 6.08 Å². The first-order valence-corrected chi connectivity index (χ1v) is 11.9. The number of carbonyl (C=O) groups is 1. The van der Waals surface area contributed by atoms with Gasteiger partial charge >= 0.3 is 0 Å². The van der Waals surface area contributed by atoms with Crippen LogP contribution in [0.25, 0.3) is 17.1 Å². The number of hydrogen-bond acceptors (Lipinski definition) is 3. The molecule has 0 saturated heterocycles. The van der Waals surface area contributed by atoms with Crippen LogP contribution in [0, 0.1) is 0 Å². The quantitative estimate of drug-likeness (QED) is 0.231. The molecule has 1 heterocycles. The normalized spacial score (nSPS) is 11.2. The van der Waals surface area contributed by atoms with Gasteiger partial charge in [-0.2, -0.15) is 0 Å². The Labute approximate surface area is 201 Å². The summed E-state index contributed by atoms with van der Waals surface area (Å²) in [6.07, 6.45) is 6.31. The summed E-state index contributed by atoms with van der Waals surface area (Å²) in [7, 11) is 0. The number of aryl methyl sites for hydroxylation is 2. The van der Waals surface area contributed by atoms with Gasteiger partial charge in [0.15, 0.2) is 0 Å². The molecule has 0 radical (unpaired) electrons. The summed E-state index contributed by atoms with van der Waals surface area (Å²) < 4.78 is 8.10. The van der Waals surface area contributed by atoms with Gasteiger partial charge in [-0.05, 0) is 60.7 Å². The fraction of sp³-hybridized carbons (Fsp3) is 0.241. The Balaban J connectivity index is 1.32. The molecule has 0 atom stereocenters. The van der Waals surface area contributed by atoms with Crippen LogP contribution in [0.3, 0.4) is 0 Å². The van der Waals surface area contributed by atoms with Crippen LogP contribution in [-0.2, 0) is 24.3 Å². The highest BCUT2D eigenvalue weighted by Gasteiger charge is 2.11. The second kappa shape index (κ2) is 11.8. The van der Waals surface area contributed by atoms with Gasteiger partial charge in [-0.25, -0.2) is 4.98 Å². The number of fused-ring (bicyclic) bond motifs is 1. The van der Waals surface area contributed by atoms with E-state index in [-0.39, 0.29) is 5.91 Å². The number of nitrogens with one attached hydrogen (secondary N) is 1. The monoisotopic (exact) mass is 453 g/mol. The van der Waals surface area contributed by atoms with Gasteiger partial charge in [-0.15, -0.1) is 0 Å². The van der Waals surface area contributed by atoms with E-state index in [4.69, 9.17) is 9.72 Å². The molecule has 1 aromatic heterocycles. The summed E-state index contributed by atoms with van der Waals surface area (Å²) in [5, 5.41) is 2.97. The number of ether oxygens (including phenoxy) is 1. The first kappa shape index (κ1) is 23.3. The van der Waals surface area contributed by atoms with Crippen molar-refractivity contribution < 1.29 is 9.53 Å². The summed E-state index contributed by atoms with van der Waals surface area (Å²) in [5.74, 6) is 1.64. The van der Waals surface area contributed by atoms with Crippen LogP contribution in [0.4, 0.5) is 0 Å². The highest BCUT2D eigenvalue weighted by atomic mass is 16.5. The molecular formula is C29H31N3O2. The lowest BCUT2D eigenvalue weighted by Gasteiger charge is -2.11. The molecule has 0 aliphatic rings. The average Bonchev–Trinajstić information content (AvgIpc) is 3.24. The fourth-order valence-electron chi connectivity index (χ4n) is 3.85. The maximum Gasteiger partial charge on any atom is 0.244 e. The second-order valence-corrected chi connectivity index (χ2v) is 8.18. The van der Waals surface area contributed by atoms with E-state index >= 15 is 0 Å². The van der Waals surface area contributed by atoms with E-state index in [1.807, 2.05) is 66.7 Å². The van der Waals surface area contributed by atoms with Crippen molar-refractivity contribution in [1.29, 1.82) is 0 Å². The molecule has 0 aliphatic heterocycles. The van der Waals surface area contributed by atoms with Crippen LogP contribution in [0.2, 0.25) is 0 Å². The standard InChI is InChI=1S/C29H31N3O2/c1-2-23-14-17-25(18-15-23)34-21-9-8-20-32-27-13-7-6-12-26(27)31-28(32)22-30-29(33)19-16-24-10-4-3-5-11-24/h3-7,10-19H,2,8-9,20-22H2,1H3,(H,30,33)/b19-16-. The molecule has 0 aliphatic carbocycles. The molecule has 3 aromatic carbocycles. The van der Waals surface area contributed by atoms with Crippen molar-refractivity contribution in [3.8, 4) is 5.75 Å². The minimum atomic E-state index is -0.134. The van der Waals surface area contributed by atoms with E-state index in [0.29, 0.717) is 13.2 Å². The minimum Gasteiger partial charge on any atom is -0.494 e. The van der Waals surface area contributed by atoms with Crippen molar-refractivity contribution >= 4 is 23.0 Å². The number of hydrogen-bond donors (Lipinski definition) is 1. The van der Waals surface area contributed by atoms with E-state index in [1.165, 1.54) is 5.56 Å². The van der Waals surface area contributed by atoms with Crippen molar-refractivity contribution in [2.45, 2.75) is 39.3 Å². The van der Waals surface area contributed by atoms with Crippen LogP contribution in [0.5, 0.6) is 5.75 Å². The molecule has 0 spiro atoms. The number of carbonyl (C=O) groups excluding carboxylic acids is 1. The largest absolute Gasteiger partial charge is 0.494 e. The molecule has 5 heteroatoms. The maximum absolute atomic E-state index is 12.3. The Hall–Kier alpha value is -3.86. The maximum atomic E-state index is 12.3. The molecule has 34 heavy (non-hydrogen) atoms. The molecule has 4 aromatic rings. The van der Waals surface area contributed by atoms with Gasteiger partial charge in [0.25, 0.3) is 0 Å². The minimum absolute atomic E-state index is 0.134. The predicted octanol–water partition coefficient (Wildman–Crippen LogP) is 5.79. The molecule has 4 rings (SSSR count). The molecule has 174 valence electrons. The summed E-state index contributed by atoms with van der Waals surface area (Å²) in [5.41, 5.74) is 4.34. The number of nitrogens with zero attached hydrogens (tertiary/aromatic N) is 2. The van der Waals surface area contributed by atoms with Gasteiger partial charge in [-0.3, -0.25) is 4.79 Å². The molecule has 0 unspecified atom stereocenters. The first-order chi connectivity index (χ1) is 16.7. The highest BCUT2D eigenvalue weighted by molar-refractivity contribution is 5.91. The van der Waals surface area contributed by atoms with E-state index in [0.717, 1.165) is 54.0 Å². The van der Waals surface area contributed by atoms with Crippen LogP contribution >= 0.6 is 0 Å². The Kier molecular flexibility index (Phi) is 8.12. The number of unbranched alkanes of at least 4 members (excludes halogenated alkanes) is 1. The van der Waals surface area contributed by atoms with Gasteiger partial charge in [0.05, 0.1) is 24.2 Å². The average molecular weight is 454 g/mol.